The van der Waals surface area contributed by atoms with E-state index < -0.39 is 0 Å². The molecule has 8 aromatic carbocycles. The smallest absolute Gasteiger partial charge is 0.872 e. The number of nitrogens with zero attached hydrogens (tertiary/aromatic N) is 1. The number of rotatable bonds is 4. The van der Waals surface area contributed by atoms with Crippen LogP contribution in [0.3, 0.4) is 0 Å². The minimum Gasteiger partial charge on any atom is -0.872 e. The second kappa shape index (κ2) is 12.8. The third-order valence-corrected chi connectivity index (χ3v) is 10.2. The Morgan fingerprint density at radius 1 is 0.404 bits per heavy atom. The molecule has 10 aromatic rings. The molecular weight excluding hydrogens is 627 g/mol. The Hall–Kier alpha value is -6.24. The number of hydrogen-bond donors (Lipinski definition) is 0. The zero-order valence-electron chi connectivity index (χ0n) is 28.6. The monoisotopic (exact) mass is 657 g/mol. The Balaban J connectivity index is 0.00000360. The maximum absolute atomic E-state index is 12.7. The Bertz CT molecular complexity index is 2940. The van der Waals surface area contributed by atoms with E-state index >= 15 is 0 Å². The number of aromatic nitrogens is 2. The predicted octanol–water partition coefficient (Wildman–Crippen LogP) is 8.41. The van der Waals surface area contributed by atoms with Crippen molar-refractivity contribution in [3.05, 3.63) is 176 Å². The van der Waals surface area contributed by atoms with Gasteiger partial charge in [0, 0.05) is 28.0 Å². The summed E-state index contributed by atoms with van der Waals surface area (Å²) >= 11 is 0. The first-order valence-electron chi connectivity index (χ1n) is 17.3. The molecule has 0 amide bonds. The van der Waals surface area contributed by atoms with Crippen LogP contribution >= 0.6 is 0 Å². The number of H-pyrrole nitrogens is 1. The normalized spacial score (nSPS) is 11.4. The molecule has 0 aliphatic carbocycles. The van der Waals surface area contributed by atoms with Gasteiger partial charge in [0.2, 0.25) is 11.2 Å². The minimum atomic E-state index is -0.0104. The number of aromatic amines is 1. The van der Waals surface area contributed by atoms with Crippen molar-refractivity contribution in [1.29, 1.82) is 0 Å². The maximum Gasteiger partial charge on any atom is 1.00 e. The SMILES string of the molecule is [Li+].[O-]c1ccccc1-c1ccc2ccc3ccc(-c4ccc(-c5c6ccccc6c(-c6ccccc6)c6ccccc56)c5ccccc45)nc3c2[nH+]1. The summed E-state index contributed by atoms with van der Waals surface area (Å²) in [5.74, 6) is -0.0104. The Morgan fingerprint density at radius 3 is 1.62 bits per heavy atom. The number of pyridine rings is 2. The van der Waals surface area contributed by atoms with Crippen molar-refractivity contribution in [2.75, 3.05) is 0 Å². The molecule has 0 bridgehead atoms. The van der Waals surface area contributed by atoms with Gasteiger partial charge in [-0.15, -0.1) is 0 Å². The van der Waals surface area contributed by atoms with Crippen molar-refractivity contribution in [3.63, 3.8) is 0 Å². The largest absolute Gasteiger partial charge is 1.00 e. The number of nitrogens with one attached hydrogen (secondary N) is 1. The van der Waals surface area contributed by atoms with Crippen LogP contribution in [0, 0.1) is 0 Å². The summed E-state index contributed by atoms with van der Waals surface area (Å²) in [7, 11) is 0. The average molecular weight is 658 g/mol. The van der Waals surface area contributed by atoms with Crippen molar-refractivity contribution in [1.82, 2.24) is 4.98 Å². The van der Waals surface area contributed by atoms with Crippen LogP contribution in [0.25, 0.3) is 98.9 Å². The van der Waals surface area contributed by atoms with Gasteiger partial charge in [-0.1, -0.05) is 151 Å². The molecule has 52 heavy (non-hydrogen) atoms. The van der Waals surface area contributed by atoms with Crippen LogP contribution in [0.2, 0.25) is 0 Å². The van der Waals surface area contributed by atoms with E-state index in [1.807, 2.05) is 18.2 Å². The Morgan fingerprint density at radius 2 is 0.923 bits per heavy atom. The van der Waals surface area contributed by atoms with E-state index in [1.54, 1.807) is 12.1 Å². The standard InChI is InChI=1S/C48H30N2O.Li/c51-44-21-11-10-20-41(44)43-29-25-32-23-22-31-24-28-42(49-47(31)48(32)50-43)35-26-27-40(34-15-5-4-14-33(34)35)46-38-18-8-6-16-36(38)45(30-12-2-1-3-13-30)37-17-7-9-19-39(37)46;/h1-29,51H;/q;+1. The Labute approximate surface area is 313 Å². The Kier molecular flexibility index (Phi) is 7.82. The summed E-state index contributed by atoms with van der Waals surface area (Å²) in [5.41, 5.74) is 10.1. The third kappa shape index (κ3) is 5.06. The fourth-order valence-corrected chi connectivity index (χ4v) is 7.90. The van der Waals surface area contributed by atoms with Crippen LogP contribution < -0.4 is 29.0 Å². The van der Waals surface area contributed by atoms with Gasteiger partial charge in [0.05, 0.1) is 5.69 Å². The van der Waals surface area contributed by atoms with Crippen molar-refractivity contribution in [3.8, 4) is 50.5 Å². The molecule has 0 fully saturated rings. The zero-order chi connectivity index (χ0) is 33.9. The molecule has 3 nitrogen and oxygen atoms in total. The molecule has 2 aromatic heterocycles. The summed E-state index contributed by atoms with van der Waals surface area (Å²) in [4.78, 5) is 8.88. The molecule has 10 rings (SSSR count). The van der Waals surface area contributed by atoms with Crippen LogP contribution in [-0.2, 0) is 0 Å². The molecule has 238 valence electrons. The predicted molar refractivity (Wildman–Crippen MR) is 210 cm³/mol. The number of hydrogen-bond acceptors (Lipinski definition) is 2. The number of para-hydroxylation sites is 1. The second-order valence-electron chi connectivity index (χ2n) is 13.1. The summed E-state index contributed by atoms with van der Waals surface area (Å²) in [6.07, 6.45) is 0. The fraction of sp³-hybridized carbons (Fsp3) is 0. The molecule has 0 saturated carbocycles. The topological polar surface area (TPSA) is 50.1 Å². The molecule has 1 N–H and O–H groups in total. The second-order valence-corrected chi connectivity index (χ2v) is 13.1. The fourth-order valence-electron chi connectivity index (χ4n) is 7.90. The average Bonchev–Trinajstić information content (AvgIpc) is 3.19. The summed E-state index contributed by atoms with van der Waals surface area (Å²) in [5, 5.41) is 22.0. The van der Waals surface area contributed by atoms with E-state index in [2.05, 4.69) is 151 Å². The molecule has 0 radical (unpaired) electrons. The van der Waals surface area contributed by atoms with Gasteiger partial charge in [-0.25, -0.2) is 9.97 Å². The third-order valence-electron chi connectivity index (χ3n) is 10.2. The quantitative estimate of drug-likeness (QED) is 0.108. The molecule has 0 aliphatic heterocycles. The molecule has 0 atom stereocenters. The first kappa shape index (κ1) is 31.7. The van der Waals surface area contributed by atoms with Gasteiger partial charge >= 0.3 is 18.9 Å². The molecule has 0 unspecified atom stereocenters. The minimum absolute atomic E-state index is 0. The first-order valence-corrected chi connectivity index (χ1v) is 17.3. The van der Waals surface area contributed by atoms with Crippen LogP contribution in [-0.4, -0.2) is 4.98 Å². The van der Waals surface area contributed by atoms with Gasteiger partial charge in [-0.2, -0.15) is 0 Å². The van der Waals surface area contributed by atoms with Gasteiger partial charge in [0.1, 0.15) is 5.52 Å². The first-order chi connectivity index (χ1) is 25.2. The number of benzene rings is 8. The van der Waals surface area contributed by atoms with Gasteiger partial charge in [-0.3, -0.25) is 0 Å². The van der Waals surface area contributed by atoms with Gasteiger partial charge in [-0.05, 0) is 78.8 Å². The number of fused-ring (bicyclic) bond motifs is 6. The molecule has 2 heterocycles. The molecule has 0 aliphatic rings. The van der Waals surface area contributed by atoms with E-state index in [9.17, 15) is 5.11 Å². The van der Waals surface area contributed by atoms with E-state index in [4.69, 9.17) is 4.98 Å². The summed E-state index contributed by atoms with van der Waals surface area (Å²) in [6.45, 7) is 0. The molecular formula is C48H30LiN2O+. The van der Waals surface area contributed by atoms with Crippen LogP contribution in [0.5, 0.6) is 5.75 Å². The van der Waals surface area contributed by atoms with Gasteiger partial charge in [0.15, 0.2) is 0 Å². The van der Waals surface area contributed by atoms with Crippen molar-refractivity contribution in [2.45, 2.75) is 0 Å². The van der Waals surface area contributed by atoms with Crippen molar-refractivity contribution < 1.29 is 29.0 Å². The van der Waals surface area contributed by atoms with Crippen LogP contribution in [0.15, 0.2) is 176 Å². The molecule has 0 saturated heterocycles. The van der Waals surface area contributed by atoms with E-state index in [1.165, 1.54) is 49.2 Å². The van der Waals surface area contributed by atoms with Gasteiger partial charge < -0.3 is 5.11 Å². The molecule has 0 spiro atoms. The maximum atomic E-state index is 12.7. The van der Waals surface area contributed by atoms with Crippen LogP contribution in [0.1, 0.15) is 0 Å². The summed E-state index contributed by atoms with van der Waals surface area (Å²) < 4.78 is 0. The van der Waals surface area contributed by atoms with Gasteiger partial charge in [0.25, 0.3) is 0 Å². The summed E-state index contributed by atoms with van der Waals surface area (Å²) in [6, 6.07) is 61.2. The van der Waals surface area contributed by atoms with E-state index in [-0.39, 0.29) is 24.6 Å². The van der Waals surface area contributed by atoms with E-state index in [0.29, 0.717) is 5.56 Å². The van der Waals surface area contributed by atoms with Crippen molar-refractivity contribution in [2.24, 2.45) is 0 Å². The van der Waals surface area contributed by atoms with Crippen molar-refractivity contribution >= 4 is 54.1 Å². The zero-order valence-corrected chi connectivity index (χ0v) is 28.6. The van der Waals surface area contributed by atoms with E-state index in [0.717, 1.165) is 44.1 Å². The molecule has 4 heteroatoms. The van der Waals surface area contributed by atoms with Crippen LogP contribution in [0.4, 0.5) is 0 Å².